The molecule has 0 radical (unpaired) electrons. The van der Waals surface area contributed by atoms with Gasteiger partial charge in [-0.15, -0.1) is 0 Å². The quantitative estimate of drug-likeness (QED) is 0.207. The topological polar surface area (TPSA) is 77.0 Å². The summed E-state index contributed by atoms with van der Waals surface area (Å²) in [5.74, 6) is 0.918. The number of hydrogen-bond acceptors (Lipinski definition) is 5. The molecule has 5 atom stereocenters. The van der Waals surface area contributed by atoms with E-state index in [1.165, 1.54) is 51.4 Å². The van der Waals surface area contributed by atoms with Crippen LogP contribution in [0.1, 0.15) is 90.9 Å². The number of fused-ring (bicyclic) bond motifs is 2. The molecular formula is C23H43NO5. The third-order valence-corrected chi connectivity index (χ3v) is 6.56. The van der Waals surface area contributed by atoms with Crippen molar-refractivity contribution in [1.29, 1.82) is 0 Å². The van der Waals surface area contributed by atoms with E-state index < -0.39 is 0 Å². The molecule has 0 aromatic rings. The molecule has 6 nitrogen and oxygen atoms in total. The molecule has 2 fully saturated rings. The molecule has 0 aromatic carbocycles. The predicted molar refractivity (Wildman–Crippen MR) is 113 cm³/mol. The molecule has 2 aliphatic heterocycles. The normalized spacial score (nSPS) is 26.7. The van der Waals surface area contributed by atoms with Gasteiger partial charge in [-0.3, -0.25) is 10.0 Å². The van der Waals surface area contributed by atoms with Gasteiger partial charge in [-0.05, 0) is 63.7 Å². The van der Waals surface area contributed by atoms with Gasteiger partial charge in [0.2, 0.25) is 5.91 Å². The van der Waals surface area contributed by atoms with Crippen LogP contribution in [0.25, 0.3) is 0 Å². The van der Waals surface area contributed by atoms with Gasteiger partial charge in [-0.2, -0.15) is 0 Å². The van der Waals surface area contributed by atoms with Crippen molar-refractivity contribution in [2.24, 2.45) is 11.8 Å². The Kier molecular flexibility index (Phi) is 12.2. The molecule has 2 rings (SSSR count). The zero-order valence-corrected chi connectivity index (χ0v) is 18.6. The maximum Gasteiger partial charge on any atom is 0.243 e. The molecule has 29 heavy (non-hydrogen) atoms. The molecule has 2 bridgehead atoms. The fourth-order valence-electron chi connectivity index (χ4n) is 4.87. The highest BCUT2D eigenvalue weighted by Gasteiger charge is 2.47. The number of hydroxylamine groups is 1. The highest BCUT2D eigenvalue weighted by atomic mass is 16.5. The van der Waals surface area contributed by atoms with E-state index in [1.54, 1.807) is 5.48 Å². The number of ether oxygens (including phenoxy) is 3. The molecule has 5 unspecified atom stereocenters. The minimum absolute atomic E-state index is 0.0275. The van der Waals surface area contributed by atoms with Crippen LogP contribution in [0.2, 0.25) is 0 Å². The Morgan fingerprint density at radius 3 is 2.41 bits per heavy atom. The van der Waals surface area contributed by atoms with Gasteiger partial charge in [0.25, 0.3) is 0 Å². The van der Waals surface area contributed by atoms with Crippen LogP contribution in [0.15, 0.2) is 0 Å². The Balaban J connectivity index is 1.57. The van der Waals surface area contributed by atoms with E-state index >= 15 is 0 Å². The number of amides is 1. The first-order valence-corrected chi connectivity index (χ1v) is 11.9. The molecule has 2 N–H and O–H groups in total. The summed E-state index contributed by atoms with van der Waals surface area (Å²) in [6.07, 6.45) is 13.9. The second-order valence-corrected chi connectivity index (χ2v) is 8.83. The van der Waals surface area contributed by atoms with Crippen molar-refractivity contribution in [2.45, 2.75) is 109 Å². The fraction of sp³-hybridized carbons (Fsp3) is 0.957. The molecule has 0 aromatic heterocycles. The smallest absolute Gasteiger partial charge is 0.243 e. The zero-order chi connectivity index (χ0) is 20.9. The van der Waals surface area contributed by atoms with Crippen molar-refractivity contribution in [3.8, 4) is 0 Å². The molecule has 6 heteroatoms. The number of nitrogens with one attached hydrogen (secondary N) is 1. The number of unbranched alkanes of at least 4 members (excludes halogenated alkanes) is 4. The van der Waals surface area contributed by atoms with Gasteiger partial charge in [0.1, 0.15) is 0 Å². The van der Waals surface area contributed by atoms with E-state index in [0.29, 0.717) is 30.5 Å². The Morgan fingerprint density at radius 1 is 1.03 bits per heavy atom. The Labute approximate surface area is 177 Å². The predicted octanol–water partition coefficient (Wildman–Crippen LogP) is 4.63. The van der Waals surface area contributed by atoms with E-state index in [9.17, 15) is 4.79 Å². The minimum Gasteiger partial charge on any atom is -0.381 e. The van der Waals surface area contributed by atoms with Crippen LogP contribution in [0.3, 0.4) is 0 Å². The molecule has 0 spiro atoms. The second-order valence-electron chi connectivity index (χ2n) is 8.83. The van der Waals surface area contributed by atoms with Crippen LogP contribution < -0.4 is 5.48 Å². The lowest BCUT2D eigenvalue weighted by Gasteiger charge is -2.28. The molecule has 2 heterocycles. The number of carbonyl (C=O) groups excluding carboxylic acids is 1. The molecule has 1 amide bonds. The lowest BCUT2D eigenvalue weighted by molar-refractivity contribution is -0.129. The Bertz CT molecular complexity index is 447. The SMILES string of the molecule is CCCCCCOCCCCC1C2CCC(O2)C1CCOC(C)CCC(=O)NO. The monoisotopic (exact) mass is 413 g/mol. The van der Waals surface area contributed by atoms with Crippen molar-refractivity contribution in [3.05, 3.63) is 0 Å². The van der Waals surface area contributed by atoms with Crippen LogP contribution in [-0.2, 0) is 19.0 Å². The third-order valence-electron chi connectivity index (χ3n) is 6.56. The maximum absolute atomic E-state index is 11.1. The van der Waals surface area contributed by atoms with Crippen molar-refractivity contribution < 1.29 is 24.2 Å². The first-order valence-electron chi connectivity index (χ1n) is 11.9. The summed E-state index contributed by atoms with van der Waals surface area (Å²) in [4.78, 5) is 11.1. The summed E-state index contributed by atoms with van der Waals surface area (Å²) >= 11 is 0. The van der Waals surface area contributed by atoms with E-state index in [-0.39, 0.29) is 18.4 Å². The van der Waals surface area contributed by atoms with E-state index in [4.69, 9.17) is 19.4 Å². The molecule has 2 aliphatic rings. The number of carbonyl (C=O) groups is 1. The van der Waals surface area contributed by atoms with Gasteiger partial charge in [-0.25, -0.2) is 5.48 Å². The van der Waals surface area contributed by atoms with Crippen LogP contribution in [0.4, 0.5) is 0 Å². The number of rotatable bonds is 17. The zero-order valence-electron chi connectivity index (χ0n) is 18.6. The summed E-state index contributed by atoms with van der Waals surface area (Å²) in [5.41, 5.74) is 1.67. The standard InChI is InChI=1S/C23H43NO5/c1-3-4-5-7-15-27-16-8-6-9-19-20(22-12-11-21(19)29-22)14-17-28-18(2)10-13-23(25)24-26/h18-22,26H,3-17H2,1-2H3,(H,24,25). The summed E-state index contributed by atoms with van der Waals surface area (Å²) < 4.78 is 17.9. The third kappa shape index (κ3) is 8.91. The summed E-state index contributed by atoms with van der Waals surface area (Å²) in [7, 11) is 0. The van der Waals surface area contributed by atoms with E-state index in [1.807, 2.05) is 6.92 Å². The highest BCUT2D eigenvalue weighted by molar-refractivity contribution is 5.74. The van der Waals surface area contributed by atoms with Gasteiger partial charge in [0.15, 0.2) is 0 Å². The number of hydrogen-bond donors (Lipinski definition) is 2. The van der Waals surface area contributed by atoms with E-state index in [0.717, 1.165) is 32.7 Å². The van der Waals surface area contributed by atoms with Gasteiger partial charge < -0.3 is 14.2 Å². The first-order chi connectivity index (χ1) is 14.2. The lowest BCUT2D eigenvalue weighted by atomic mass is 9.75. The molecule has 170 valence electrons. The molecule has 2 saturated heterocycles. The van der Waals surface area contributed by atoms with Crippen LogP contribution in [0, 0.1) is 11.8 Å². The average Bonchev–Trinajstić information content (AvgIpc) is 3.33. The van der Waals surface area contributed by atoms with Crippen LogP contribution in [-0.4, -0.2) is 49.2 Å². The lowest BCUT2D eigenvalue weighted by Crippen LogP contribution is -2.29. The van der Waals surface area contributed by atoms with Crippen molar-refractivity contribution >= 4 is 5.91 Å². The Hall–Kier alpha value is -0.690. The van der Waals surface area contributed by atoms with Crippen molar-refractivity contribution in [1.82, 2.24) is 5.48 Å². The molecule has 0 saturated carbocycles. The largest absolute Gasteiger partial charge is 0.381 e. The molecular weight excluding hydrogens is 370 g/mol. The summed E-state index contributed by atoms with van der Waals surface area (Å²) in [5, 5.41) is 8.56. The van der Waals surface area contributed by atoms with Gasteiger partial charge in [-0.1, -0.05) is 32.6 Å². The first kappa shape index (κ1) is 24.6. The van der Waals surface area contributed by atoms with Gasteiger partial charge in [0.05, 0.1) is 18.3 Å². The highest BCUT2D eigenvalue weighted by Crippen LogP contribution is 2.47. The van der Waals surface area contributed by atoms with Crippen LogP contribution >= 0.6 is 0 Å². The minimum atomic E-state index is -0.355. The summed E-state index contributed by atoms with van der Waals surface area (Å²) in [6.45, 7) is 6.74. The van der Waals surface area contributed by atoms with Gasteiger partial charge >= 0.3 is 0 Å². The Morgan fingerprint density at radius 2 is 1.72 bits per heavy atom. The molecule has 0 aliphatic carbocycles. The van der Waals surface area contributed by atoms with Crippen molar-refractivity contribution in [2.75, 3.05) is 19.8 Å². The van der Waals surface area contributed by atoms with Gasteiger partial charge in [0, 0.05) is 26.2 Å². The van der Waals surface area contributed by atoms with E-state index in [2.05, 4.69) is 6.92 Å². The second kappa shape index (κ2) is 14.3. The maximum atomic E-state index is 11.1. The van der Waals surface area contributed by atoms with Crippen molar-refractivity contribution in [3.63, 3.8) is 0 Å². The average molecular weight is 414 g/mol. The summed E-state index contributed by atoms with van der Waals surface area (Å²) in [6, 6.07) is 0. The van der Waals surface area contributed by atoms with Crippen LogP contribution in [0.5, 0.6) is 0 Å². The fourth-order valence-corrected chi connectivity index (χ4v) is 4.87.